The summed E-state index contributed by atoms with van der Waals surface area (Å²) in [5, 5.41) is 2.64. The minimum Gasteiger partial charge on any atom is -0.310 e. The number of anilines is 3. The van der Waals surface area contributed by atoms with Crippen LogP contribution in [0, 0.1) is 0 Å². The molecule has 0 spiro atoms. The number of para-hydroxylation sites is 1. The van der Waals surface area contributed by atoms with Gasteiger partial charge >= 0.3 is 0 Å². The first-order chi connectivity index (χ1) is 24.3. The molecular weight excluding hydrogens is 623 g/mol. The smallest absolute Gasteiger partial charge is 0.0540 e. The number of hydrogen-bond donors (Lipinski definition) is 0. The van der Waals surface area contributed by atoms with E-state index in [9.17, 15) is 0 Å². The number of rotatable bonds is 4. The minimum absolute atomic E-state index is 0.0468. The predicted octanol–water partition coefficient (Wildman–Crippen LogP) is 13.8. The lowest BCUT2D eigenvalue weighted by Gasteiger charge is -2.30. The second-order valence-corrected chi connectivity index (χ2v) is 16.0. The molecule has 0 unspecified atom stereocenters. The van der Waals surface area contributed by atoms with Gasteiger partial charge in [-0.05, 0) is 98.6 Å². The summed E-state index contributed by atoms with van der Waals surface area (Å²) in [5.74, 6) is 0. The van der Waals surface area contributed by atoms with Gasteiger partial charge in [0.05, 0.1) is 5.69 Å². The zero-order valence-electron chi connectivity index (χ0n) is 28.8. The van der Waals surface area contributed by atoms with E-state index in [4.69, 9.17) is 0 Å². The van der Waals surface area contributed by atoms with Crippen molar-refractivity contribution in [3.8, 4) is 33.4 Å². The molecule has 2 aliphatic carbocycles. The van der Waals surface area contributed by atoms with Gasteiger partial charge in [0.2, 0.25) is 0 Å². The molecule has 0 atom stereocenters. The van der Waals surface area contributed by atoms with Crippen LogP contribution in [0.15, 0.2) is 152 Å². The van der Waals surface area contributed by atoms with Gasteiger partial charge in [-0.1, -0.05) is 131 Å². The molecule has 8 aromatic rings. The molecule has 0 amide bonds. The molecule has 0 radical (unpaired) electrons. The molecule has 0 fully saturated rings. The van der Waals surface area contributed by atoms with Crippen molar-refractivity contribution in [1.82, 2.24) is 0 Å². The maximum absolute atomic E-state index is 2.49. The summed E-state index contributed by atoms with van der Waals surface area (Å²) >= 11 is 1.87. The van der Waals surface area contributed by atoms with E-state index in [-0.39, 0.29) is 10.8 Å². The molecule has 1 nitrogen and oxygen atoms in total. The van der Waals surface area contributed by atoms with Crippen LogP contribution in [0.5, 0.6) is 0 Å². The Morgan fingerprint density at radius 1 is 0.400 bits per heavy atom. The Kier molecular flexibility index (Phi) is 6.21. The van der Waals surface area contributed by atoms with Crippen LogP contribution in [0.3, 0.4) is 0 Å². The SMILES string of the molecule is CC1(C)c2ccccc2-c2cc(N(c3ccc4c(c3)-c3ccccc3C4(C)C)c3ccccc3-c3ccc4sc5ccccc5c4c3)ccc21. The molecular formula is C48H37NS. The quantitative estimate of drug-likeness (QED) is 0.182. The fourth-order valence-electron chi connectivity index (χ4n) is 8.93. The number of benzene rings is 7. The fourth-order valence-corrected chi connectivity index (χ4v) is 10.0. The first-order valence-electron chi connectivity index (χ1n) is 17.6. The van der Waals surface area contributed by atoms with Gasteiger partial charge in [-0.15, -0.1) is 11.3 Å². The van der Waals surface area contributed by atoms with E-state index in [0.29, 0.717) is 0 Å². The van der Waals surface area contributed by atoms with Crippen LogP contribution in [0.4, 0.5) is 17.1 Å². The Morgan fingerprint density at radius 3 is 1.54 bits per heavy atom. The van der Waals surface area contributed by atoms with Crippen molar-refractivity contribution >= 4 is 48.6 Å². The summed E-state index contributed by atoms with van der Waals surface area (Å²) in [6, 6.07) is 56.9. The van der Waals surface area contributed by atoms with Crippen molar-refractivity contribution < 1.29 is 0 Å². The second kappa shape index (κ2) is 10.5. The molecule has 0 saturated heterocycles. The van der Waals surface area contributed by atoms with Gasteiger partial charge in [-0.2, -0.15) is 0 Å². The molecule has 0 aliphatic heterocycles. The third-order valence-corrected chi connectivity index (χ3v) is 12.6. The first-order valence-corrected chi connectivity index (χ1v) is 18.4. The van der Waals surface area contributed by atoms with Crippen LogP contribution in [-0.4, -0.2) is 0 Å². The zero-order chi connectivity index (χ0) is 33.8. The molecule has 0 bridgehead atoms. The number of nitrogens with zero attached hydrogens (tertiary/aromatic N) is 1. The van der Waals surface area contributed by atoms with E-state index in [1.807, 2.05) is 11.3 Å². The van der Waals surface area contributed by atoms with Crippen LogP contribution >= 0.6 is 11.3 Å². The predicted molar refractivity (Wildman–Crippen MR) is 215 cm³/mol. The molecule has 0 saturated carbocycles. The summed E-state index contributed by atoms with van der Waals surface area (Å²) in [5.41, 5.74) is 16.7. The maximum Gasteiger partial charge on any atom is 0.0540 e. The van der Waals surface area contributed by atoms with Gasteiger partial charge < -0.3 is 4.90 Å². The Balaban J connectivity index is 1.22. The summed E-state index contributed by atoms with van der Waals surface area (Å²) in [4.78, 5) is 2.49. The van der Waals surface area contributed by atoms with Crippen molar-refractivity contribution in [3.63, 3.8) is 0 Å². The van der Waals surface area contributed by atoms with Gasteiger partial charge in [-0.25, -0.2) is 0 Å². The highest BCUT2D eigenvalue weighted by Crippen LogP contribution is 2.53. The van der Waals surface area contributed by atoms with Gasteiger partial charge in [-0.3, -0.25) is 0 Å². The lowest BCUT2D eigenvalue weighted by atomic mass is 9.82. The largest absolute Gasteiger partial charge is 0.310 e. The number of fused-ring (bicyclic) bond motifs is 9. The maximum atomic E-state index is 2.49. The summed E-state index contributed by atoms with van der Waals surface area (Å²) in [7, 11) is 0. The van der Waals surface area contributed by atoms with E-state index < -0.39 is 0 Å². The Bertz CT molecular complexity index is 2560. The van der Waals surface area contributed by atoms with Crippen molar-refractivity contribution in [2.75, 3.05) is 4.90 Å². The highest BCUT2D eigenvalue weighted by molar-refractivity contribution is 7.25. The topological polar surface area (TPSA) is 3.24 Å². The van der Waals surface area contributed by atoms with Crippen LogP contribution in [0.2, 0.25) is 0 Å². The van der Waals surface area contributed by atoms with Crippen molar-refractivity contribution in [2.45, 2.75) is 38.5 Å². The molecule has 2 heteroatoms. The van der Waals surface area contributed by atoms with Crippen LogP contribution in [-0.2, 0) is 10.8 Å². The first kappa shape index (κ1) is 29.5. The lowest BCUT2D eigenvalue weighted by Crippen LogP contribution is -2.16. The van der Waals surface area contributed by atoms with Gasteiger partial charge in [0, 0.05) is 47.9 Å². The molecule has 50 heavy (non-hydrogen) atoms. The van der Waals surface area contributed by atoms with Crippen molar-refractivity contribution in [2.24, 2.45) is 0 Å². The van der Waals surface area contributed by atoms with Gasteiger partial charge in [0.1, 0.15) is 0 Å². The van der Waals surface area contributed by atoms with Crippen LogP contribution < -0.4 is 4.90 Å². The lowest BCUT2D eigenvalue weighted by molar-refractivity contribution is 0.660. The second-order valence-electron chi connectivity index (χ2n) is 15.0. The third-order valence-electron chi connectivity index (χ3n) is 11.5. The average molecular weight is 660 g/mol. The highest BCUT2D eigenvalue weighted by atomic mass is 32.1. The Morgan fingerprint density at radius 2 is 0.900 bits per heavy atom. The summed E-state index contributed by atoms with van der Waals surface area (Å²) < 4.78 is 2.65. The Hall–Kier alpha value is -5.44. The van der Waals surface area contributed by atoms with Gasteiger partial charge in [0.15, 0.2) is 0 Å². The summed E-state index contributed by atoms with van der Waals surface area (Å²) in [6.07, 6.45) is 0. The molecule has 1 heterocycles. The molecule has 2 aliphatic rings. The molecule has 1 aromatic heterocycles. The zero-order valence-corrected chi connectivity index (χ0v) is 29.6. The van der Waals surface area contributed by atoms with Gasteiger partial charge in [0.25, 0.3) is 0 Å². The van der Waals surface area contributed by atoms with E-state index in [0.717, 1.165) is 11.4 Å². The molecule has 10 rings (SSSR count). The van der Waals surface area contributed by atoms with Crippen molar-refractivity contribution in [1.29, 1.82) is 0 Å². The molecule has 0 N–H and O–H groups in total. The number of thiophene rings is 1. The summed E-state index contributed by atoms with van der Waals surface area (Å²) in [6.45, 7) is 9.42. The van der Waals surface area contributed by atoms with Crippen molar-refractivity contribution in [3.05, 3.63) is 174 Å². The minimum atomic E-state index is -0.0468. The molecule has 7 aromatic carbocycles. The third kappa shape index (κ3) is 4.12. The standard InChI is InChI=1S/C48H37NS/c1-47(2)40-17-9-5-14-34(40)37-28-31(22-24-42(37)47)49(32-23-25-43-38(29-32)35-15-6-10-18-41(35)48(43,3)4)44-19-11-7-13-33(44)30-21-26-46-39(27-30)36-16-8-12-20-45(36)50-46/h5-29H,1-4H3. The monoisotopic (exact) mass is 659 g/mol. The van der Waals surface area contributed by atoms with E-state index in [2.05, 4.69) is 184 Å². The Labute approximate surface area is 298 Å². The molecule has 240 valence electrons. The van der Waals surface area contributed by atoms with E-state index in [1.54, 1.807) is 0 Å². The highest BCUT2D eigenvalue weighted by Gasteiger charge is 2.37. The van der Waals surface area contributed by atoms with E-state index in [1.165, 1.54) is 81.5 Å². The average Bonchev–Trinajstić information content (AvgIpc) is 3.71. The van der Waals surface area contributed by atoms with E-state index >= 15 is 0 Å². The van der Waals surface area contributed by atoms with Crippen LogP contribution in [0.1, 0.15) is 49.9 Å². The normalized spacial score (nSPS) is 14.7. The van der Waals surface area contributed by atoms with Crippen LogP contribution in [0.25, 0.3) is 53.6 Å². The fraction of sp³-hybridized carbons (Fsp3) is 0.125. The number of hydrogen-bond acceptors (Lipinski definition) is 2.